The fourth-order valence-corrected chi connectivity index (χ4v) is 3.16. The second-order valence-electron chi connectivity index (χ2n) is 7.13. The van der Waals surface area contributed by atoms with Crippen molar-refractivity contribution in [3.63, 3.8) is 0 Å². The number of amides is 2. The molecule has 25 heavy (non-hydrogen) atoms. The molecule has 0 saturated carbocycles. The van der Waals surface area contributed by atoms with E-state index in [1.54, 1.807) is 0 Å². The van der Waals surface area contributed by atoms with E-state index in [2.05, 4.69) is 47.6 Å². The zero-order valence-corrected chi connectivity index (χ0v) is 15.8. The average molecular weight is 347 g/mol. The molecule has 1 aliphatic heterocycles. The SMILES string of the molecule is Cc1cccc(N2CC[NH+](CC(=O)NCC(=O)NC(C)C)CC2)c1C. The van der Waals surface area contributed by atoms with Crippen molar-refractivity contribution in [1.29, 1.82) is 0 Å². The largest absolute Gasteiger partial charge is 0.360 e. The van der Waals surface area contributed by atoms with Gasteiger partial charge in [-0.15, -0.1) is 0 Å². The molecule has 0 unspecified atom stereocenters. The fraction of sp³-hybridized carbons (Fsp3) is 0.579. The van der Waals surface area contributed by atoms with Gasteiger partial charge in [-0.3, -0.25) is 9.59 Å². The Morgan fingerprint density at radius 2 is 1.84 bits per heavy atom. The molecule has 0 radical (unpaired) electrons. The minimum atomic E-state index is -0.141. The summed E-state index contributed by atoms with van der Waals surface area (Å²) in [4.78, 5) is 27.3. The molecule has 6 heteroatoms. The van der Waals surface area contributed by atoms with Gasteiger partial charge in [0.25, 0.3) is 5.91 Å². The van der Waals surface area contributed by atoms with Crippen molar-refractivity contribution < 1.29 is 14.5 Å². The first-order chi connectivity index (χ1) is 11.9. The summed E-state index contributed by atoms with van der Waals surface area (Å²) in [5.74, 6) is -0.202. The number of carbonyl (C=O) groups excluding carboxylic acids is 2. The van der Waals surface area contributed by atoms with Crippen molar-refractivity contribution >= 4 is 17.5 Å². The summed E-state index contributed by atoms with van der Waals surface area (Å²) in [6, 6.07) is 6.51. The number of anilines is 1. The number of rotatable bonds is 6. The molecular formula is C19H31N4O2+. The van der Waals surface area contributed by atoms with Crippen molar-refractivity contribution in [3.8, 4) is 0 Å². The molecule has 1 fully saturated rings. The van der Waals surface area contributed by atoms with Gasteiger partial charge in [-0.1, -0.05) is 12.1 Å². The van der Waals surface area contributed by atoms with E-state index >= 15 is 0 Å². The number of aryl methyl sites for hydroxylation is 1. The lowest BCUT2D eigenvalue weighted by Crippen LogP contribution is -3.16. The molecule has 0 aromatic heterocycles. The third-order valence-corrected chi connectivity index (χ3v) is 4.69. The first-order valence-electron chi connectivity index (χ1n) is 9.07. The van der Waals surface area contributed by atoms with Crippen molar-refractivity contribution in [2.75, 3.05) is 44.2 Å². The van der Waals surface area contributed by atoms with Crippen LogP contribution in [-0.4, -0.2) is 57.1 Å². The maximum Gasteiger partial charge on any atom is 0.275 e. The van der Waals surface area contributed by atoms with Crippen LogP contribution in [0.25, 0.3) is 0 Å². The number of carbonyl (C=O) groups is 2. The first-order valence-corrected chi connectivity index (χ1v) is 9.07. The summed E-state index contributed by atoms with van der Waals surface area (Å²) >= 11 is 0. The Labute approximate surface area is 150 Å². The highest BCUT2D eigenvalue weighted by Crippen LogP contribution is 2.22. The molecular weight excluding hydrogens is 316 g/mol. The van der Waals surface area contributed by atoms with E-state index in [1.165, 1.54) is 21.7 Å². The molecule has 0 aliphatic carbocycles. The van der Waals surface area contributed by atoms with E-state index in [1.807, 2.05) is 13.8 Å². The predicted molar refractivity (Wildman–Crippen MR) is 100.0 cm³/mol. The van der Waals surface area contributed by atoms with E-state index in [-0.39, 0.29) is 24.4 Å². The zero-order chi connectivity index (χ0) is 18.4. The molecule has 0 atom stereocenters. The number of hydrogen-bond donors (Lipinski definition) is 3. The van der Waals surface area contributed by atoms with Crippen LogP contribution >= 0.6 is 0 Å². The predicted octanol–water partition coefficient (Wildman–Crippen LogP) is -0.351. The maximum atomic E-state index is 12.0. The second kappa shape index (κ2) is 8.85. The molecule has 3 N–H and O–H groups in total. The molecule has 0 bridgehead atoms. The standard InChI is InChI=1S/C19H30N4O2/c1-14(2)21-18(24)12-20-19(25)13-22-8-10-23(11-9-22)17-7-5-6-15(3)16(17)4/h5-7,14H,8-13H2,1-4H3,(H,20,25)(H,21,24)/p+1. The molecule has 1 heterocycles. The van der Waals surface area contributed by atoms with E-state index < -0.39 is 0 Å². The third kappa shape index (κ3) is 5.74. The van der Waals surface area contributed by atoms with E-state index in [4.69, 9.17) is 0 Å². The van der Waals surface area contributed by atoms with Crippen molar-refractivity contribution in [2.24, 2.45) is 0 Å². The number of hydrogen-bond acceptors (Lipinski definition) is 3. The normalized spacial score (nSPS) is 15.3. The number of piperazine rings is 1. The average Bonchev–Trinajstić information content (AvgIpc) is 2.56. The summed E-state index contributed by atoms with van der Waals surface area (Å²) < 4.78 is 0. The smallest absolute Gasteiger partial charge is 0.275 e. The lowest BCUT2D eigenvalue weighted by molar-refractivity contribution is -0.892. The zero-order valence-electron chi connectivity index (χ0n) is 15.8. The van der Waals surface area contributed by atoms with Crippen LogP contribution in [0.4, 0.5) is 5.69 Å². The molecule has 1 saturated heterocycles. The molecule has 1 aromatic rings. The maximum absolute atomic E-state index is 12.0. The number of nitrogens with zero attached hydrogens (tertiary/aromatic N) is 1. The Kier molecular flexibility index (Phi) is 6.82. The number of quaternary nitrogens is 1. The van der Waals surface area contributed by atoms with Gasteiger partial charge in [-0.05, 0) is 44.9 Å². The molecule has 2 rings (SSSR count). The van der Waals surface area contributed by atoms with Gasteiger partial charge in [0.1, 0.15) is 0 Å². The van der Waals surface area contributed by atoms with Crippen LogP contribution < -0.4 is 20.4 Å². The van der Waals surface area contributed by atoms with Gasteiger partial charge in [-0.2, -0.15) is 0 Å². The fourth-order valence-electron chi connectivity index (χ4n) is 3.16. The highest BCUT2D eigenvalue weighted by Gasteiger charge is 2.23. The van der Waals surface area contributed by atoms with Crippen LogP contribution in [0.1, 0.15) is 25.0 Å². The summed E-state index contributed by atoms with van der Waals surface area (Å²) in [5, 5.41) is 5.48. The highest BCUT2D eigenvalue weighted by atomic mass is 16.2. The van der Waals surface area contributed by atoms with Gasteiger partial charge in [-0.25, -0.2) is 0 Å². The van der Waals surface area contributed by atoms with Crippen LogP contribution in [0.3, 0.4) is 0 Å². The monoisotopic (exact) mass is 347 g/mol. The summed E-state index contributed by atoms with van der Waals surface area (Å²) in [5.41, 5.74) is 3.94. The van der Waals surface area contributed by atoms with Crippen LogP contribution in [-0.2, 0) is 9.59 Å². The minimum absolute atomic E-state index is 0.0545. The molecule has 138 valence electrons. The highest BCUT2D eigenvalue weighted by molar-refractivity contribution is 5.85. The van der Waals surface area contributed by atoms with Gasteiger partial charge >= 0.3 is 0 Å². The Morgan fingerprint density at radius 3 is 2.48 bits per heavy atom. The number of nitrogens with one attached hydrogen (secondary N) is 3. The van der Waals surface area contributed by atoms with Crippen LogP contribution in [0, 0.1) is 13.8 Å². The van der Waals surface area contributed by atoms with Crippen molar-refractivity contribution in [3.05, 3.63) is 29.3 Å². The lowest BCUT2D eigenvalue weighted by Gasteiger charge is -2.34. The third-order valence-electron chi connectivity index (χ3n) is 4.69. The second-order valence-corrected chi connectivity index (χ2v) is 7.13. The Bertz CT molecular complexity index is 607. The summed E-state index contributed by atoms with van der Waals surface area (Å²) in [6.45, 7) is 12.3. The van der Waals surface area contributed by atoms with Crippen molar-refractivity contribution in [2.45, 2.75) is 33.7 Å². The van der Waals surface area contributed by atoms with Gasteiger partial charge < -0.3 is 20.4 Å². The molecule has 0 spiro atoms. The lowest BCUT2D eigenvalue weighted by atomic mass is 10.1. The van der Waals surface area contributed by atoms with E-state index in [0.29, 0.717) is 6.54 Å². The molecule has 1 aliphatic rings. The van der Waals surface area contributed by atoms with Gasteiger partial charge in [0.15, 0.2) is 6.54 Å². The van der Waals surface area contributed by atoms with Crippen LogP contribution in [0.5, 0.6) is 0 Å². The van der Waals surface area contributed by atoms with Crippen LogP contribution in [0.2, 0.25) is 0 Å². The van der Waals surface area contributed by atoms with Crippen LogP contribution in [0.15, 0.2) is 18.2 Å². The Morgan fingerprint density at radius 1 is 1.16 bits per heavy atom. The number of benzene rings is 1. The van der Waals surface area contributed by atoms with Gasteiger partial charge in [0, 0.05) is 11.7 Å². The Hall–Kier alpha value is -2.08. The Balaban J connectivity index is 1.76. The molecule has 2 amide bonds. The van der Waals surface area contributed by atoms with Gasteiger partial charge in [0.2, 0.25) is 5.91 Å². The molecule has 1 aromatic carbocycles. The van der Waals surface area contributed by atoms with Gasteiger partial charge in [0.05, 0.1) is 32.7 Å². The quantitative estimate of drug-likeness (QED) is 0.659. The summed E-state index contributed by atoms with van der Waals surface area (Å²) in [7, 11) is 0. The molecule has 6 nitrogen and oxygen atoms in total. The minimum Gasteiger partial charge on any atom is -0.360 e. The van der Waals surface area contributed by atoms with E-state index in [9.17, 15) is 9.59 Å². The first kappa shape index (κ1) is 19.2. The summed E-state index contributed by atoms with van der Waals surface area (Å²) in [6.07, 6.45) is 0. The van der Waals surface area contributed by atoms with Crippen molar-refractivity contribution in [1.82, 2.24) is 10.6 Å². The topological polar surface area (TPSA) is 65.9 Å². The van der Waals surface area contributed by atoms with E-state index in [0.717, 1.165) is 26.2 Å².